The number of carbonyl (C=O) groups is 5. The van der Waals surface area contributed by atoms with Crippen LogP contribution in [0.1, 0.15) is 25.7 Å². The molecule has 0 radical (unpaired) electrons. The van der Waals surface area contributed by atoms with Gasteiger partial charge in [-0.3, -0.25) is 19.2 Å². The van der Waals surface area contributed by atoms with Gasteiger partial charge in [-0.05, 0) is 19.3 Å². The number of hydrogen-bond acceptors (Lipinski definition) is 7. The molecule has 1 rings (SSSR count). The van der Waals surface area contributed by atoms with Gasteiger partial charge < -0.3 is 37.2 Å². The van der Waals surface area contributed by atoms with Crippen molar-refractivity contribution < 1.29 is 34.2 Å². The molecular weight excluding hydrogens is 362 g/mol. The molecule has 8 N–H and O–H groups in total. The zero-order valence-corrected chi connectivity index (χ0v) is 14.7. The van der Waals surface area contributed by atoms with Gasteiger partial charge in [-0.1, -0.05) is 0 Å². The van der Waals surface area contributed by atoms with E-state index in [-0.39, 0.29) is 19.4 Å². The zero-order chi connectivity index (χ0) is 20.6. The molecule has 1 saturated heterocycles. The van der Waals surface area contributed by atoms with Gasteiger partial charge in [0, 0.05) is 13.0 Å². The first-order chi connectivity index (χ1) is 12.7. The molecule has 1 aliphatic heterocycles. The fraction of sp³-hybridized carbons (Fsp3) is 0.667. The fourth-order valence-corrected chi connectivity index (χ4v) is 2.63. The second-order valence-corrected chi connectivity index (χ2v) is 6.16. The Bertz CT molecular complexity index is 597. The van der Waals surface area contributed by atoms with Crippen molar-refractivity contribution in [2.45, 2.75) is 43.8 Å². The highest BCUT2D eigenvalue weighted by Gasteiger charge is 2.35. The number of nitrogens with zero attached hydrogens (tertiary/aromatic N) is 1. The zero-order valence-electron chi connectivity index (χ0n) is 14.7. The summed E-state index contributed by atoms with van der Waals surface area (Å²) in [6, 6.07) is -3.33. The Morgan fingerprint density at radius 2 is 1.89 bits per heavy atom. The minimum Gasteiger partial charge on any atom is -0.480 e. The number of nitrogens with one attached hydrogen (secondary N) is 2. The lowest BCUT2D eigenvalue weighted by molar-refractivity contribution is -0.144. The standard InChI is InChI=1S/C15H25N5O7/c16-8(7-21)13(24)18-6-12(23)20-5-1-2-10(20)14(25)19-9(15(26)27)3-4-11(17)22/h8-10,21H,1-7,16H2,(H2,17,22)(H,18,24)(H,19,25)(H,26,27). The molecule has 0 aliphatic carbocycles. The maximum atomic E-state index is 12.4. The van der Waals surface area contributed by atoms with Crippen LogP contribution in [0, 0.1) is 0 Å². The number of carbonyl (C=O) groups excluding carboxylic acids is 4. The van der Waals surface area contributed by atoms with E-state index in [0.717, 1.165) is 0 Å². The maximum Gasteiger partial charge on any atom is 0.326 e. The first-order valence-electron chi connectivity index (χ1n) is 8.42. The predicted molar refractivity (Wildman–Crippen MR) is 90.8 cm³/mol. The van der Waals surface area contributed by atoms with Crippen LogP contribution in [0.15, 0.2) is 0 Å². The van der Waals surface area contributed by atoms with Crippen LogP contribution in [0.4, 0.5) is 0 Å². The second kappa shape index (κ2) is 10.4. The number of carboxylic acids is 1. The quantitative estimate of drug-likeness (QED) is 0.219. The number of rotatable bonds is 10. The summed E-state index contributed by atoms with van der Waals surface area (Å²) >= 11 is 0. The van der Waals surface area contributed by atoms with Crippen molar-refractivity contribution in [3.8, 4) is 0 Å². The molecule has 0 aromatic carbocycles. The molecule has 0 spiro atoms. The number of aliphatic hydroxyl groups is 1. The van der Waals surface area contributed by atoms with Gasteiger partial charge in [0.25, 0.3) is 0 Å². The highest BCUT2D eigenvalue weighted by molar-refractivity contribution is 5.93. The summed E-state index contributed by atoms with van der Waals surface area (Å²) in [6.45, 7) is -0.700. The maximum absolute atomic E-state index is 12.4. The number of likely N-dealkylation sites (tertiary alicyclic amines) is 1. The number of amides is 4. The van der Waals surface area contributed by atoms with Crippen LogP contribution in [-0.4, -0.2) is 82.5 Å². The molecule has 27 heavy (non-hydrogen) atoms. The average Bonchev–Trinajstić information content (AvgIpc) is 3.11. The highest BCUT2D eigenvalue weighted by Crippen LogP contribution is 2.18. The Labute approximate surface area is 155 Å². The molecule has 0 aromatic rings. The van der Waals surface area contributed by atoms with Gasteiger partial charge in [0.2, 0.25) is 23.6 Å². The van der Waals surface area contributed by atoms with E-state index in [4.69, 9.17) is 21.7 Å². The predicted octanol–water partition coefficient (Wildman–Crippen LogP) is -3.75. The largest absolute Gasteiger partial charge is 0.480 e. The molecule has 4 amide bonds. The third-order valence-electron chi connectivity index (χ3n) is 4.12. The summed E-state index contributed by atoms with van der Waals surface area (Å²) in [5.74, 6) is -3.90. The van der Waals surface area contributed by atoms with E-state index in [9.17, 15) is 24.0 Å². The minimum absolute atomic E-state index is 0.161. The van der Waals surface area contributed by atoms with Crippen molar-refractivity contribution in [1.82, 2.24) is 15.5 Å². The van der Waals surface area contributed by atoms with Crippen LogP contribution >= 0.6 is 0 Å². The Balaban J connectivity index is 2.64. The van der Waals surface area contributed by atoms with Crippen LogP contribution in [0.2, 0.25) is 0 Å². The molecule has 3 unspecified atom stereocenters. The summed E-state index contributed by atoms with van der Waals surface area (Å²) in [5.41, 5.74) is 10.3. The molecule has 1 heterocycles. The van der Waals surface area contributed by atoms with Gasteiger partial charge >= 0.3 is 5.97 Å². The normalized spacial score (nSPS) is 18.4. The highest BCUT2D eigenvalue weighted by atomic mass is 16.4. The third-order valence-corrected chi connectivity index (χ3v) is 4.12. The minimum atomic E-state index is -1.31. The lowest BCUT2D eigenvalue weighted by atomic mass is 10.1. The van der Waals surface area contributed by atoms with E-state index in [0.29, 0.717) is 12.8 Å². The molecular formula is C15H25N5O7. The number of hydrogen-bond donors (Lipinski definition) is 6. The van der Waals surface area contributed by atoms with Gasteiger partial charge in [-0.15, -0.1) is 0 Å². The van der Waals surface area contributed by atoms with Crippen molar-refractivity contribution in [3.63, 3.8) is 0 Å². The first-order valence-corrected chi connectivity index (χ1v) is 8.42. The monoisotopic (exact) mass is 387 g/mol. The van der Waals surface area contributed by atoms with Crippen molar-refractivity contribution in [2.75, 3.05) is 19.7 Å². The Morgan fingerprint density at radius 1 is 1.22 bits per heavy atom. The summed E-state index contributed by atoms with van der Waals surface area (Å²) < 4.78 is 0. The molecule has 0 aromatic heterocycles. The molecule has 12 heteroatoms. The molecule has 0 saturated carbocycles. The van der Waals surface area contributed by atoms with E-state index in [1.807, 2.05) is 0 Å². The van der Waals surface area contributed by atoms with Crippen molar-refractivity contribution in [1.29, 1.82) is 0 Å². The lowest BCUT2D eigenvalue weighted by Crippen LogP contribution is -2.53. The summed E-state index contributed by atoms with van der Waals surface area (Å²) in [4.78, 5) is 59.4. The van der Waals surface area contributed by atoms with Crippen LogP contribution in [0.5, 0.6) is 0 Å². The number of nitrogens with two attached hydrogens (primary N) is 2. The SMILES string of the molecule is NC(=O)CCC(NC(=O)C1CCCN1C(=O)CNC(=O)C(N)CO)C(=O)O. The summed E-state index contributed by atoms with van der Waals surface area (Å²) in [6.07, 6.45) is 0.505. The topological polar surface area (TPSA) is 205 Å². The molecule has 1 fully saturated rings. The third kappa shape index (κ3) is 6.83. The van der Waals surface area contributed by atoms with Gasteiger partial charge in [-0.25, -0.2) is 4.79 Å². The van der Waals surface area contributed by atoms with E-state index < -0.39 is 60.9 Å². The lowest BCUT2D eigenvalue weighted by Gasteiger charge is -2.25. The van der Waals surface area contributed by atoms with E-state index in [1.54, 1.807) is 0 Å². The average molecular weight is 387 g/mol. The summed E-state index contributed by atoms with van der Waals surface area (Å²) in [5, 5.41) is 22.5. The smallest absolute Gasteiger partial charge is 0.326 e. The van der Waals surface area contributed by atoms with Gasteiger partial charge in [0.1, 0.15) is 18.1 Å². The van der Waals surface area contributed by atoms with Gasteiger partial charge in [-0.2, -0.15) is 0 Å². The van der Waals surface area contributed by atoms with Crippen LogP contribution in [0.25, 0.3) is 0 Å². The van der Waals surface area contributed by atoms with Crippen LogP contribution in [0.3, 0.4) is 0 Å². The Morgan fingerprint density at radius 3 is 2.44 bits per heavy atom. The number of aliphatic hydroxyl groups excluding tert-OH is 1. The number of carboxylic acid groups (broad SMARTS) is 1. The van der Waals surface area contributed by atoms with Gasteiger partial charge in [0.15, 0.2) is 0 Å². The number of primary amides is 1. The summed E-state index contributed by atoms with van der Waals surface area (Å²) in [7, 11) is 0. The van der Waals surface area contributed by atoms with Gasteiger partial charge in [0.05, 0.1) is 13.2 Å². The Hall–Kier alpha value is -2.73. The van der Waals surface area contributed by atoms with Crippen molar-refractivity contribution >= 4 is 29.6 Å². The van der Waals surface area contributed by atoms with Crippen LogP contribution in [-0.2, 0) is 24.0 Å². The molecule has 1 aliphatic rings. The molecule has 12 nitrogen and oxygen atoms in total. The fourth-order valence-electron chi connectivity index (χ4n) is 2.63. The van der Waals surface area contributed by atoms with E-state index in [2.05, 4.69) is 10.6 Å². The molecule has 152 valence electrons. The molecule has 3 atom stereocenters. The second-order valence-electron chi connectivity index (χ2n) is 6.16. The van der Waals surface area contributed by atoms with E-state index >= 15 is 0 Å². The first kappa shape index (κ1) is 22.3. The Kier molecular flexibility index (Phi) is 8.62. The van der Waals surface area contributed by atoms with Crippen LogP contribution < -0.4 is 22.1 Å². The molecule has 0 bridgehead atoms. The van der Waals surface area contributed by atoms with Crippen molar-refractivity contribution in [2.24, 2.45) is 11.5 Å². The number of aliphatic carboxylic acids is 1. The van der Waals surface area contributed by atoms with Crippen molar-refractivity contribution in [3.05, 3.63) is 0 Å². The van der Waals surface area contributed by atoms with E-state index in [1.165, 1.54) is 4.90 Å².